The van der Waals surface area contributed by atoms with Crippen molar-refractivity contribution in [2.75, 3.05) is 36.4 Å². The molecule has 6 heterocycles. The zero-order chi connectivity index (χ0) is 23.4. The Bertz CT molecular complexity index is 1350. The summed E-state index contributed by atoms with van der Waals surface area (Å²) in [6.45, 7) is 3.44. The number of benzene rings is 1. The first-order valence-corrected chi connectivity index (χ1v) is 11.1. The number of aromatic amines is 1. The number of H-pyrrole nitrogens is 1. The van der Waals surface area contributed by atoms with Crippen molar-refractivity contribution in [3.05, 3.63) is 41.6 Å². The third-order valence-corrected chi connectivity index (χ3v) is 6.50. The number of halogens is 4. The van der Waals surface area contributed by atoms with Gasteiger partial charge in [0.2, 0.25) is 11.9 Å². The van der Waals surface area contributed by atoms with Gasteiger partial charge in [-0.25, -0.2) is 9.37 Å². The molecular weight excluding hydrogens is 454 g/mol. The lowest BCUT2D eigenvalue weighted by Gasteiger charge is -2.31. The maximum absolute atomic E-state index is 14.0. The van der Waals surface area contributed by atoms with Gasteiger partial charge in [-0.1, -0.05) is 6.07 Å². The lowest BCUT2D eigenvalue weighted by molar-refractivity contribution is -0.136. The Hall–Kier alpha value is -3.48. The number of anilines is 2. The van der Waals surface area contributed by atoms with Crippen LogP contribution >= 0.6 is 0 Å². The standard InChI is InChI=1S/C21H21F4N9/c22-14-2-1-3-15-17(14)29-16(28-15)11-26-19-31-20(33-9-8-32-6-4-12(33)5-7-32)30-18-13(21(23,24)25)10-27-34(18)19/h1-3,10,12H,4-9,11H2,(H,28,29)(H,26,30,31). The second kappa shape index (κ2) is 7.79. The summed E-state index contributed by atoms with van der Waals surface area (Å²) in [6.07, 6.45) is -2.03. The highest BCUT2D eigenvalue weighted by molar-refractivity contribution is 5.75. The average Bonchev–Trinajstić information content (AvgIpc) is 3.32. The average molecular weight is 475 g/mol. The van der Waals surface area contributed by atoms with Gasteiger partial charge in [-0.3, -0.25) is 0 Å². The van der Waals surface area contributed by atoms with Crippen LogP contribution in [0.25, 0.3) is 16.7 Å². The zero-order valence-corrected chi connectivity index (χ0v) is 18.0. The highest BCUT2D eigenvalue weighted by Crippen LogP contribution is 2.34. The summed E-state index contributed by atoms with van der Waals surface area (Å²) in [6, 6.07) is 4.75. The molecule has 0 aliphatic carbocycles. The molecule has 13 heteroatoms. The fourth-order valence-electron chi connectivity index (χ4n) is 4.75. The molecule has 34 heavy (non-hydrogen) atoms. The van der Waals surface area contributed by atoms with E-state index in [0.717, 1.165) is 43.2 Å². The molecule has 3 saturated heterocycles. The van der Waals surface area contributed by atoms with Crippen molar-refractivity contribution in [3.8, 4) is 0 Å². The molecule has 7 rings (SSSR count). The van der Waals surface area contributed by atoms with E-state index in [0.29, 0.717) is 17.9 Å². The number of alkyl halides is 3. The van der Waals surface area contributed by atoms with E-state index in [-0.39, 0.29) is 35.6 Å². The van der Waals surface area contributed by atoms with Crippen LogP contribution in [0.15, 0.2) is 24.4 Å². The summed E-state index contributed by atoms with van der Waals surface area (Å²) in [5, 5.41) is 6.91. The summed E-state index contributed by atoms with van der Waals surface area (Å²) in [7, 11) is 0. The van der Waals surface area contributed by atoms with Crippen LogP contribution in [0.2, 0.25) is 0 Å². The van der Waals surface area contributed by atoms with Gasteiger partial charge in [-0.15, -0.1) is 0 Å². The Balaban J connectivity index is 1.39. The number of fused-ring (bicyclic) bond motifs is 6. The number of piperidine rings is 1. The summed E-state index contributed by atoms with van der Waals surface area (Å²) < 4.78 is 56.1. The zero-order valence-electron chi connectivity index (χ0n) is 18.0. The normalized spacial score (nSPS) is 20.9. The molecule has 3 fully saturated rings. The number of para-hydroxylation sites is 1. The van der Waals surface area contributed by atoms with Gasteiger partial charge in [0.05, 0.1) is 18.3 Å². The number of nitrogens with zero attached hydrogens (tertiary/aromatic N) is 7. The van der Waals surface area contributed by atoms with Crippen molar-refractivity contribution in [2.45, 2.75) is 31.6 Å². The molecule has 3 aliphatic heterocycles. The summed E-state index contributed by atoms with van der Waals surface area (Å²) >= 11 is 0. The van der Waals surface area contributed by atoms with Gasteiger partial charge in [0, 0.05) is 32.2 Å². The topological polar surface area (TPSA) is 90.3 Å². The Labute approximate surface area is 190 Å². The van der Waals surface area contributed by atoms with Crippen LogP contribution < -0.4 is 10.2 Å². The van der Waals surface area contributed by atoms with E-state index >= 15 is 0 Å². The largest absolute Gasteiger partial charge is 0.421 e. The number of rotatable bonds is 4. The monoisotopic (exact) mass is 475 g/mol. The Morgan fingerprint density at radius 2 is 1.88 bits per heavy atom. The molecule has 1 aromatic carbocycles. The first-order valence-electron chi connectivity index (χ1n) is 11.1. The van der Waals surface area contributed by atoms with Gasteiger partial charge in [0.25, 0.3) is 0 Å². The quantitative estimate of drug-likeness (QED) is 0.439. The maximum Gasteiger partial charge on any atom is 0.421 e. The first kappa shape index (κ1) is 21.1. The minimum Gasteiger partial charge on any atom is -0.347 e. The first-order chi connectivity index (χ1) is 16.4. The van der Waals surface area contributed by atoms with E-state index in [2.05, 4.69) is 35.3 Å². The molecule has 4 aromatic rings. The second-order valence-corrected chi connectivity index (χ2v) is 8.58. The van der Waals surface area contributed by atoms with Crippen LogP contribution in [0.3, 0.4) is 0 Å². The van der Waals surface area contributed by atoms with Gasteiger partial charge in [0.1, 0.15) is 16.9 Å². The minimum absolute atomic E-state index is 0.0814. The number of nitrogens with one attached hydrogen (secondary N) is 2. The minimum atomic E-state index is -4.61. The lowest BCUT2D eigenvalue weighted by Crippen LogP contribution is -2.39. The number of hydrogen-bond acceptors (Lipinski definition) is 7. The highest BCUT2D eigenvalue weighted by atomic mass is 19.4. The molecule has 3 aliphatic rings. The Morgan fingerprint density at radius 3 is 2.65 bits per heavy atom. The van der Waals surface area contributed by atoms with E-state index < -0.39 is 17.6 Å². The maximum atomic E-state index is 14.0. The molecule has 2 bridgehead atoms. The number of aromatic nitrogens is 6. The van der Waals surface area contributed by atoms with E-state index in [4.69, 9.17) is 0 Å². The Kier molecular flexibility index (Phi) is 4.83. The van der Waals surface area contributed by atoms with Crippen LogP contribution in [-0.2, 0) is 12.7 Å². The molecule has 0 atom stereocenters. The van der Waals surface area contributed by atoms with Crippen LogP contribution in [0.1, 0.15) is 24.2 Å². The fourth-order valence-corrected chi connectivity index (χ4v) is 4.75. The molecule has 2 N–H and O–H groups in total. The summed E-state index contributed by atoms with van der Waals surface area (Å²) in [5.41, 5.74) is -0.511. The van der Waals surface area contributed by atoms with Gasteiger partial charge in [0.15, 0.2) is 11.5 Å². The highest BCUT2D eigenvalue weighted by Gasteiger charge is 2.37. The fraction of sp³-hybridized carbons (Fsp3) is 0.429. The van der Waals surface area contributed by atoms with Crippen molar-refractivity contribution in [1.29, 1.82) is 0 Å². The number of hydrogen-bond donors (Lipinski definition) is 2. The van der Waals surface area contributed by atoms with E-state index in [1.807, 2.05) is 4.90 Å². The molecule has 0 amide bonds. The molecule has 0 unspecified atom stereocenters. The van der Waals surface area contributed by atoms with Gasteiger partial charge in [-0.2, -0.15) is 32.8 Å². The van der Waals surface area contributed by atoms with E-state index in [1.54, 1.807) is 12.1 Å². The van der Waals surface area contributed by atoms with Crippen molar-refractivity contribution in [3.63, 3.8) is 0 Å². The van der Waals surface area contributed by atoms with Crippen LogP contribution in [0.5, 0.6) is 0 Å². The van der Waals surface area contributed by atoms with Crippen molar-refractivity contribution in [1.82, 2.24) is 34.4 Å². The summed E-state index contributed by atoms with van der Waals surface area (Å²) in [5.74, 6) is 0.305. The van der Waals surface area contributed by atoms with Crippen molar-refractivity contribution in [2.24, 2.45) is 0 Å². The molecular formula is C21H21F4N9. The van der Waals surface area contributed by atoms with Crippen molar-refractivity contribution < 1.29 is 17.6 Å². The van der Waals surface area contributed by atoms with Crippen molar-refractivity contribution >= 4 is 28.6 Å². The summed E-state index contributed by atoms with van der Waals surface area (Å²) in [4.78, 5) is 20.5. The second-order valence-electron chi connectivity index (χ2n) is 8.58. The third-order valence-electron chi connectivity index (χ3n) is 6.50. The molecule has 0 saturated carbocycles. The third kappa shape index (κ3) is 3.59. The van der Waals surface area contributed by atoms with Crippen LogP contribution in [-0.4, -0.2) is 66.7 Å². The lowest BCUT2D eigenvalue weighted by atomic mass is 10.1. The molecule has 0 radical (unpaired) electrons. The SMILES string of the molecule is Fc1cccc2[nH]c(CNc3nc(N4CCN5CCC4CC5)nc4c(C(F)(F)F)cnn34)nc12. The number of imidazole rings is 1. The van der Waals surface area contributed by atoms with E-state index in [1.165, 1.54) is 6.07 Å². The Morgan fingerprint density at radius 1 is 1.06 bits per heavy atom. The predicted molar refractivity (Wildman–Crippen MR) is 116 cm³/mol. The molecule has 178 valence electrons. The van der Waals surface area contributed by atoms with Gasteiger partial charge in [-0.05, 0) is 25.0 Å². The smallest absolute Gasteiger partial charge is 0.347 e. The van der Waals surface area contributed by atoms with Gasteiger partial charge < -0.3 is 20.1 Å². The van der Waals surface area contributed by atoms with E-state index in [9.17, 15) is 17.6 Å². The molecule has 0 spiro atoms. The molecule has 3 aromatic heterocycles. The van der Waals surface area contributed by atoms with Gasteiger partial charge >= 0.3 is 6.18 Å². The van der Waals surface area contributed by atoms with Crippen LogP contribution in [0.4, 0.5) is 29.5 Å². The van der Waals surface area contributed by atoms with Crippen LogP contribution in [0, 0.1) is 5.82 Å². The molecule has 9 nitrogen and oxygen atoms in total. The predicted octanol–water partition coefficient (Wildman–Crippen LogP) is 3.06.